The van der Waals surface area contributed by atoms with Crippen LogP contribution in [0.15, 0.2) is 18.2 Å². The quantitative estimate of drug-likeness (QED) is 0.793. The topological polar surface area (TPSA) is 66.8 Å². The van der Waals surface area contributed by atoms with Crippen LogP contribution in [-0.4, -0.2) is 28.4 Å². The van der Waals surface area contributed by atoms with Crippen molar-refractivity contribution in [3.63, 3.8) is 0 Å². The summed E-state index contributed by atoms with van der Waals surface area (Å²) in [4.78, 5) is 10.7. The molecular weight excluding hydrogens is 301 g/mol. The van der Waals surface area contributed by atoms with Crippen molar-refractivity contribution in [3.8, 4) is 5.75 Å². The summed E-state index contributed by atoms with van der Waals surface area (Å²) in [5.41, 5.74) is -0.303. The van der Waals surface area contributed by atoms with Crippen molar-refractivity contribution in [1.82, 2.24) is 0 Å². The number of ether oxygens (including phenoxy) is 1. The number of hydrogen-bond donors (Lipinski definition) is 2. The first-order valence-electron chi connectivity index (χ1n) is 5.60. The zero-order valence-electron chi connectivity index (χ0n) is 10.2. The first kappa shape index (κ1) is 16.6. The van der Waals surface area contributed by atoms with Crippen LogP contribution in [0.4, 0.5) is 13.2 Å². The van der Waals surface area contributed by atoms with Gasteiger partial charge in [0.25, 0.3) is 0 Å². The minimum Gasteiger partial charge on any atom is -0.479 e. The Kier molecular flexibility index (Phi) is 5.64. The van der Waals surface area contributed by atoms with Gasteiger partial charge >= 0.3 is 12.3 Å². The van der Waals surface area contributed by atoms with Gasteiger partial charge in [0.15, 0.2) is 6.10 Å². The maximum atomic E-state index is 12.4. The molecule has 0 saturated carbocycles. The van der Waals surface area contributed by atoms with Gasteiger partial charge in [0.05, 0.1) is 0 Å². The smallest absolute Gasteiger partial charge is 0.479 e. The van der Waals surface area contributed by atoms with E-state index in [0.29, 0.717) is 6.42 Å². The van der Waals surface area contributed by atoms with Gasteiger partial charge in [0.2, 0.25) is 0 Å². The summed E-state index contributed by atoms with van der Waals surface area (Å²) >= 11 is 5.48. The van der Waals surface area contributed by atoms with E-state index in [2.05, 4.69) is 4.74 Å². The van der Waals surface area contributed by atoms with Gasteiger partial charge in [-0.15, -0.1) is 24.8 Å². The molecule has 0 bridgehead atoms. The predicted octanol–water partition coefficient (Wildman–Crippen LogP) is 2.87. The minimum atomic E-state index is -4.98. The van der Waals surface area contributed by atoms with E-state index in [1.54, 1.807) is 0 Å². The first-order valence-corrected chi connectivity index (χ1v) is 6.14. The van der Waals surface area contributed by atoms with E-state index >= 15 is 0 Å². The molecule has 0 aliphatic rings. The van der Waals surface area contributed by atoms with Crippen molar-refractivity contribution in [2.45, 2.75) is 25.3 Å². The van der Waals surface area contributed by atoms with E-state index in [9.17, 15) is 23.1 Å². The van der Waals surface area contributed by atoms with E-state index in [4.69, 9.17) is 16.7 Å². The Bertz CT molecular complexity index is 476. The molecule has 0 saturated heterocycles. The number of aliphatic hydroxyl groups is 1. The van der Waals surface area contributed by atoms with Crippen LogP contribution < -0.4 is 4.74 Å². The molecule has 1 aromatic carbocycles. The van der Waals surface area contributed by atoms with Crippen molar-refractivity contribution in [1.29, 1.82) is 0 Å². The Morgan fingerprint density at radius 1 is 1.40 bits per heavy atom. The van der Waals surface area contributed by atoms with Crippen molar-refractivity contribution in [3.05, 3.63) is 29.3 Å². The Balaban J connectivity index is 3.24. The fourth-order valence-corrected chi connectivity index (χ4v) is 1.78. The minimum absolute atomic E-state index is 0.140. The van der Waals surface area contributed by atoms with Crippen LogP contribution in [-0.2, 0) is 11.2 Å². The van der Waals surface area contributed by atoms with Gasteiger partial charge in [-0.1, -0.05) is 18.2 Å². The third-order valence-electron chi connectivity index (χ3n) is 2.45. The lowest BCUT2D eigenvalue weighted by atomic mass is 10.0. The average molecular weight is 313 g/mol. The van der Waals surface area contributed by atoms with Crippen molar-refractivity contribution < 1.29 is 32.9 Å². The normalized spacial score (nSPS) is 13.1. The summed E-state index contributed by atoms with van der Waals surface area (Å²) in [5, 5.41) is 18.2. The summed E-state index contributed by atoms with van der Waals surface area (Å²) in [5.74, 6) is -2.11. The molecular formula is C12H12ClF3O4. The number of carboxylic acids is 1. The average Bonchev–Trinajstić information content (AvgIpc) is 2.34. The summed E-state index contributed by atoms with van der Waals surface area (Å²) in [6.45, 7) is 0. The van der Waals surface area contributed by atoms with Gasteiger partial charge in [0, 0.05) is 11.4 Å². The van der Waals surface area contributed by atoms with Gasteiger partial charge in [0.1, 0.15) is 5.75 Å². The van der Waals surface area contributed by atoms with Gasteiger partial charge in [-0.25, -0.2) is 4.79 Å². The Hall–Kier alpha value is -1.47. The molecule has 0 aromatic heterocycles. The number of rotatable bonds is 6. The highest BCUT2D eigenvalue weighted by Gasteiger charge is 2.35. The van der Waals surface area contributed by atoms with E-state index in [1.807, 2.05) is 0 Å². The molecule has 2 N–H and O–H groups in total. The van der Waals surface area contributed by atoms with Crippen LogP contribution in [0, 0.1) is 0 Å². The van der Waals surface area contributed by atoms with E-state index in [-0.39, 0.29) is 17.9 Å². The second-order valence-corrected chi connectivity index (χ2v) is 4.29. The standard InChI is InChI=1S/C12H12ClF3O4/c13-6-2-4-7-3-1-5-8(9(17)11(18)19)10(7)20-12(14,15)16/h1,3,5,9,17H,2,4,6H2,(H,18,19). The summed E-state index contributed by atoms with van der Waals surface area (Å²) in [6, 6.07) is 3.80. The highest BCUT2D eigenvalue weighted by Crippen LogP contribution is 2.34. The third kappa shape index (κ3) is 4.57. The predicted molar refractivity (Wildman–Crippen MR) is 64.8 cm³/mol. The molecule has 1 atom stereocenters. The fraction of sp³-hybridized carbons (Fsp3) is 0.417. The zero-order chi connectivity index (χ0) is 15.3. The number of alkyl halides is 4. The molecule has 0 aliphatic heterocycles. The van der Waals surface area contributed by atoms with Gasteiger partial charge in [-0.3, -0.25) is 0 Å². The van der Waals surface area contributed by atoms with Crippen molar-refractivity contribution in [2.24, 2.45) is 0 Å². The van der Waals surface area contributed by atoms with E-state index < -0.39 is 29.7 Å². The number of hydrogen-bond acceptors (Lipinski definition) is 3. The zero-order valence-corrected chi connectivity index (χ0v) is 10.9. The molecule has 4 nitrogen and oxygen atoms in total. The molecule has 0 amide bonds. The van der Waals surface area contributed by atoms with Crippen LogP contribution in [0.5, 0.6) is 5.75 Å². The van der Waals surface area contributed by atoms with Crippen molar-refractivity contribution in [2.75, 3.05) is 5.88 Å². The number of benzene rings is 1. The molecule has 0 fully saturated rings. The Morgan fingerprint density at radius 3 is 2.55 bits per heavy atom. The number of carbonyl (C=O) groups is 1. The highest BCUT2D eigenvalue weighted by molar-refractivity contribution is 6.17. The molecule has 0 heterocycles. The second kappa shape index (κ2) is 6.81. The molecule has 0 aliphatic carbocycles. The second-order valence-electron chi connectivity index (χ2n) is 3.92. The number of aryl methyl sites for hydroxylation is 1. The number of halogens is 4. The van der Waals surface area contributed by atoms with Gasteiger partial charge < -0.3 is 14.9 Å². The Labute approximate surface area is 117 Å². The van der Waals surface area contributed by atoms with Crippen LogP contribution in [0.3, 0.4) is 0 Å². The lowest BCUT2D eigenvalue weighted by Crippen LogP contribution is -2.21. The molecule has 1 unspecified atom stereocenters. The molecule has 0 spiro atoms. The van der Waals surface area contributed by atoms with Crippen LogP contribution in [0.25, 0.3) is 0 Å². The lowest BCUT2D eigenvalue weighted by molar-refractivity contribution is -0.275. The summed E-state index contributed by atoms with van der Waals surface area (Å²) in [6.07, 6.45) is -6.51. The lowest BCUT2D eigenvalue weighted by Gasteiger charge is -2.18. The largest absolute Gasteiger partial charge is 0.573 e. The van der Waals surface area contributed by atoms with Crippen molar-refractivity contribution >= 4 is 17.6 Å². The van der Waals surface area contributed by atoms with E-state index in [0.717, 1.165) is 6.07 Å². The van der Waals surface area contributed by atoms with Crippen LogP contribution in [0.1, 0.15) is 23.7 Å². The summed E-state index contributed by atoms with van der Waals surface area (Å²) < 4.78 is 41.1. The molecule has 8 heteroatoms. The van der Waals surface area contributed by atoms with Crippen LogP contribution in [0.2, 0.25) is 0 Å². The third-order valence-corrected chi connectivity index (χ3v) is 2.72. The number of carboxylic acid groups (broad SMARTS) is 1. The Morgan fingerprint density at radius 2 is 2.05 bits per heavy atom. The molecule has 0 radical (unpaired) electrons. The monoisotopic (exact) mass is 312 g/mol. The molecule has 1 aromatic rings. The van der Waals surface area contributed by atoms with Gasteiger partial charge in [-0.2, -0.15) is 0 Å². The number of aliphatic hydroxyl groups excluding tert-OH is 1. The van der Waals surface area contributed by atoms with E-state index in [1.165, 1.54) is 12.1 Å². The molecule has 20 heavy (non-hydrogen) atoms. The number of para-hydroxylation sites is 1. The first-order chi connectivity index (χ1) is 9.26. The maximum Gasteiger partial charge on any atom is 0.573 e. The highest BCUT2D eigenvalue weighted by atomic mass is 35.5. The number of aliphatic carboxylic acids is 1. The maximum absolute atomic E-state index is 12.4. The SMILES string of the molecule is O=C(O)C(O)c1cccc(CCCCl)c1OC(F)(F)F. The van der Waals surface area contributed by atoms with Gasteiger partial charge in [-0.05, 0) is 18.4 Å². The van der Waals surface area contributed by atoms with Crippen LogP contribution >= 0.6 is 11.6 Å². The summed E-state index contributed by atoms with van der Waals surface area (Å²) in [7, 11) is 0. The molecule has 112 valence electrons. The fourth-order valence-electron chi connectivity index (χ4n) is 1.65. The molecule has 1 rings (SSSR count).